The normalized spacial score (nSPS) is 11.3. The fraction of sp³-hybridized carbons (Fsp3) is 0.333. The minimum atomic E-state index is 0.622. The van der Waals surface area contributed by atoms with Crippen LogP contribution in [0.25, 0.3) is 22.2 Å². The number of rotatable bonds is 4. The Labute approximate surface area is 138 Å². The van der Waals surface area contributed by atoms with Gasteiger partial charge in [0, 0.05) is 5.56 Å². The van der Waals surface area contributed by atoms with E-state index in [0.29, 0.717) is 5.92 Å². The Kier molecular flexibility index (Phi) is 4.42. The molecule has 0 N–H and O–H groups in total. The van der Waals surface area contributed by atoms with Gasteiger partial charge in [-0.2, -0.15) is 0 Å². The summed E-state index contributed by atoms with van der Waals surface area (Å²) in [5.41, 5.74) is 6.30. The van der Waals surface area contributed by atoms with Gasteiger partial charge in [-0.15, -0.1) is 0 Å². The first-order valence-corrected chi connectivity index (χ1v) is 8.50. The first-order chi connectivity index (χ1) is 11.2. The van der Waals surface area contributed by atoms with Crippen molar-refractivity contribution in [1.82, 2.24) is 4.98 Å². The molecule has 3 aromatic rings. The van der Waals surface area contributed by atoms with E-state index in [4.69, 9.17) is 0 Å². The molecular weight excluding hydrogens is 280 g/mol. The van der Waals surface area contributed by atoms with E-state index >= 15 is 0 Å². The van der Waals surface area contributed by atoms with Crippen molar-refractivity contribution in [2.75, 3.05) is 0 Å². The standard InChI is InChI=1S/C21H25N2/c1-5-16(6-2)17-11-12-19-20(13-17)22-14-23(4)21(19)18-10-8-7-9-15(18)3/h7-14,16H,5-6H2,1-4H3/q+1. The highest BCUT2D eigenvalue weighted by Crippen LogP contribution is 2.30. The van der Waals surface area contributed by atoms with E-state index in [1.807, 2.05) is 6.33 Å². The zero-order valence-electron chi connectivity index (χ0n) is 14.5. The van der Waals surface area contributed by atoms with Crippen LogP contribution < -0.4 is 4.57 Å². The van der Waals surface area contributed by atoms with Crippen molar-refractivity contribution < 1.29 is 4.57 Å². The minimum Gasteiger partial charge on any atom is -0.232 e. The second kappa shape index (κ2) is 6.49. The number of nitrogens with zero attached hydrogens (tertiary/aromatic N) is 2. The van der Waals surface area contributed by atoms with Crippen LogP contribution in [-0.4, -0.2) is 4.98 Å². The lowest BCUT2D eigenvalue weighted by Gasteiger charge is -2.13. The summed E-state index contributed by atoms with van der Waals surface area (Å²) in [6, 6.07) is 15.4. The van der Waals surface area contributed by atoms with Gasteiger partial charge in [-0.25, -0.2) is 4.57 Å². The molecule has 2 aromatic carbocycles. The zero-order chi connectivity index (χ0) is 16.4. The first-order valence-electron chi connectivity index (χ1n) is 8.50. The van der Waals surface area contributed by atoms with Crippen LogP contribution in [0.2, 0.25) is 0 Å². The summed E-state index contributed by atoms with van der Waals surface area (Å²) in [4.78, 5) is 4.67. The molecule has 0 saturated heterocycles. The van der Waals surface area contributed by atoms with Gasteiger partial charge in [0.05, 0.1) is 12.4 Å². The molecule has 118 valence electrons. The summed E-state index contributed by atoms with van der Waals surface area (Å²) in [6.45, 7) is 6.69. The number of hydrogen-bond donors (Lipinski definition) is 0. The van der Waals surface area contributed by atoms with Crippen LogP contribution in [0, 0.1) is 6.92 Å². The molecule has 23 heavy (non-hydrogen) atoms. The molecule has 0 spiro atoms. The summed E-state index contributed by atoms with van der Waals surface area (Å²) in [5, 5.41) is 1.22. The van der Waals surface area contributed by atoms with E-state index in [1.165, 1.54) is 40.6 Å². The molecule has 2 heteroatoms. The summed E-state index contributed by atoms with van der Waals surface area (Å²) in [5.74, 6) is 0.622. The van der Waals surface area contributed by atoms with Crippen LogP contribution in [0.3, 0.4) is 0 Å². The van der Waals surface area contributed by atoms with Crippen molar-refractivity contribution in [2.45, 2.75) is 39.5 Å². The molecule has 0 amide bonds. The average molecular weight is 305 g/mol. The van der Waals surface area contributed by atoms with Crippen molar-refractivity contribution in [3.05, 3.63) is 59.9 Å². The third-order valence-corrected chi connectivity index (χ3v) is 4.86. The Balaban J connectivity index is 2.23. The van der Waals surface area contributed by atoms with Gasteiger partial charge >= 0.3 is 0 Å². The number of hydrogen-bond acceptors (Lipinski definition) is 1. The maximum Gasteiger partial charge on any atom is 0.287 e. The molecule has 3 rings (SSSR count). The quantitative estimate of drug-likeness (QED) is 0.624. The third kappa shape index (κ3) is 2.86. The van der Waals surface area contributed by atoms with Gasteiger partial charge in [-0.3, -0.25) is 0 Å². The van der Waals surface area contributed by atoms with E-state index in [1.54, 1.807) is 0 Å². The molecule has 0 atom stereocenters. The lowest BCUT2D eigenvalue weighted by Crippen LogP contribution is -2.31. The fourth-order valence-corrected chi connectivity index (χ4v) is 3.44. The monoisotopic (exact) mass is 305 g/mol. The number of aromatic nitrogens is 2. The van der Waals surface area contributed by atoms with Crippen LogP contribution in [0.1, 0.15) is 43.7 Å². The molecule has 0 bridgehead atoms. The van der Waals surface area contributed by atoms with Crippen LogP contribution in [-0.2, 0) is 7.05 Å². The largest absolute Gasteiger partial charge is 0.287 e. The molecular formula is C21H25N2+. The van der Waals surface area contributed by atoms with Gasteiger partial charge in [-0.05, 0) is 53.9 Å². The Morgan fingerprint density at radius 2 is 1.78 bits per heavy atom. The maximum absolute atomic E-state index is 4.67. The molecule has 0 aliphatic heterocycles. The Morgan fingerprint density at radius 3 is 2.48 bits per heavy atom. The van der Waals surface area contributed by atoms with Gasteiger partial charge in [0.1, 0.15) is 5.69 Å². The highest BCUT2D eigenvalue weighted by Gasteiger charge is 2.17. The van der Waals surface area contributed by atoms with Gasteiger partial charge in [0.2, 0.25) is 0 Å². The molecule has 2 nitrogen and oxygen atoms in total. The van der Waals surface area contributed by atoms with Crippen molar-refractivity contribution in [1.29, 1.82) is 0 Å². The highest BCUT2D eigenvalue weighted by molar-refractivity contribution is 5.91. The minimum absolute atomic E-state index is 0.622. The smallest absolute Gasteiger partial charge is 0.232 e. The third-order valence-electron chi connectivity index (χ3n) is 4.86. The lowest BCUT2D eigenvalue weighted by atomic mass is 9.92. The lowest BCUT2D eigenvalue weighted by molar-refractivity contribution is -0.662. The summed E-state index contributed by atoms with van der Waals surface area (Å²) < 4.78 is 2.13. The fourth-order valence-electron chi connectivity index (χ4n) is 3.44. The van der Waals surface area contributed by atoms with Crippen LogP contribution in [0.5, 0.6) is 0 Å². The first kappa shape index (κ1) is 15.7. The van der Waals surface area contributed by atoms with E-state index in [0.717, 1.165) is 5.52 Å². The second-order valence-corrected chi connectivity index (χ2v) is 6.31. The predicted molar refractivity (Wildman–Crippen MR) is 96.4 cm³/mol. The summed E-state index contributed by atoms with van der Waals surface area (Å²) >= 11 is 0. The summed E-state index contributed by atoms with van der Waals surface area (Å²) in [6.07, 6.45) is 4.28. The number of benzene rings is 2. The Morgan fingerprint density at radius 1 is 1.04 bits per heavy atom. The molecule has 0 fully saturated rings. The van der Waals surface area contributed by atoms with E-state index in [2.05, 4.69) is 79.8 Å². The Hall–Kier alpha value is -2.22. The van der Waals surface area contributed by atoms with E-state index in [9.17, 15) is 0 Å². The van der Waals surface area contributed by atoms with Gasteiger partial charge in [-0.1, -0.05) is 44.2 Å². The maximum atomic E-state index is 4.67. The molecule has 0 saturated carbocycles. The Bertz CT molecular complexity index is 832. The average Bonchev–Trinajstić information content (AvgIpc) is 2.57. The van der Waals surface area contributed by atoms with Crippen molar-refractivity contribution >= 4 is 10.9 Å². The summed E-state index contributed by atoms with van der Waals surface area (Å²) in [7, 11) is 2.07. The van der Waals surface area contributed by atoms with Crippen molar-refractivity contribution in [3.8, 4) is 11.3 Å². The van der Waals surface area contributed by atoms with Gasteiger partial charge in [0.15, 0.2) is 5.52 Å². The number of fused-ring (bicyclic) bond motifs is 1. The van der Waals surface area contributed by atoms with Crippen molar-refractivity contribution in [3.63, 3.8) is 0 Å². The molecule has 0 aliphatic carbocycles. The predicted octanol–water partition coefficient (Wildman–Crippen LogP) is 4.94. The second-order valence-electron chi connectivity index (χ2n) is 6.31. The number of aryl methyl sites for hydroxylation is 2. The van der Waals surface area contributed by atoms with Crippen LogP contribution >= 0.6 is 0 Å². The zero-order valence-corrected chi connectivity index (χ0v) is 14.5. The topological polar surface area (TPSA) is 16.8 Å². The molecule has 0 radical (unpaired) electrons. The van der Waals surface area contributed by atoms with E-state index < -0.39 is 0 Å². The highest BCUT2D eigenvalue weighted by atomic mass is 15.0. The van der Waals surface area contributed by atoms with Crippen LogP contribution in [0.4, 0.5) is 0 Å². The SMILES string of the molecule is CCC(CC)c1ccc2c(-c3ccccc3C)[n+](C)cnc2c1. The van der Waals surface area contributed by atoms with Gasteiger partial charge in [0.25, 0.3) is 6.33 Å². The van der Waals surface area contributed by atoms with Crippen molar-refractivity contribution in [2.24, 2.45) is 7.05 Å². The van der Waals surface area contributed by atoms with Gasteiger partial charge < -0.3 is 0 Å². The van der Waals surface area contributed by atoms with E-state index in [-0.39, 0.29) is 0 Å². The van der Waals surface area contributed by atoms with Crippen LogP contribution in [0.15, 0.2) is 48.8 Å². The molecule has 1 heterocycles. The molecule has 1 aromatic heterocycles. The molecule has 0 unspecified atom stereocenters. The molecule has 0 aliphatic rings.